The number of ether oxygens (including phenoxy) is 2. The maximum absolute atomic E-state index is 13.7. The summed E-state index contributed by atoms with van der Waals surface area (Å²) in [4.78, 5) is 11.2. The van der Waals surface area contributed by atoms with Gasteiger partial charge in [0.1, 0.15) is 17.2 Å². The lowest BCUT2D eigenvalue weighted by molar-refractivity contribution is -0.141. The van der Waals surface area contributed by atoms with E-state index in [0.717, 1.165) is 31.7 Å². The summed E-state index contributed by atoms with van der Waals surface area (Å²) in [5.41, 5.74) is -2.51. The number of benzene rings is 1. The first-order valence-corrected chi connectivity index (χ1v) is 12.4. The maximum Gasteiger partial charge on any atom is 0.416 e. The molecule has 1 aliphatic rings. The topological polar surface area (TPSA) is 96.2 Å². The van der Waals surface area contributed by atoms with Crippen LogP contribution in [0.2, 0.25) is 0 Å². The van der Waals surface area contributed by atoms with Crippen LogP contribution < -0.4 is 4.74 Å². The van der Waals surface area contributed by atoms with E-state index >= 15 is 0 Å². The van der Waals surface area contributed by atoms with Gasteiger partial charge in [-0.05, 0) is 69.9 Å². The predicted octanol–water partition coefficient (Wildman–Crippen LogP) is 5.01. The van der Waals surface area contributed by atoms with Gasteiger partial charge < -0.3 is 24.8 Å². The van der Waals surface area contributed by atoms with Gasteiger partial charge in [0.25, 0.3) is 0 Å². The molecule has 5 unspecified atom stereocenters. The Bertz CT molecular complexity index is 844. The van der Waals surface area contributed by atoms with Crippen LogP contribution in [0.1, 0.15) is 77.2 Å². The maximum atomic E-state index is 13.7. The van der Waals surface area contributed by atoms with Crippen LogP contribution in [0, 0.1) is 17.7 Å². The number of carbonyl (C=O) groups is 1. The molecule has 1 aliphatic carbocycles. The lowest BCUT2D eigenvalue weighted by Gasteiger charge is -2.33. The Kier molecular flexibility index (Phi) is 11.0. The van der Waals surface area contributed by atoms with Crippen molar-refractivity contribution in [3.8, 4) is 5.75 Å². The van der Waals surface area contributed by atoms with E-state index < -0.39 is 41.5 Å². The van der Waals surface area contributed by atoms with E-state index in [1.807, 2.05) is 0 Å². The predicted molar refractivity (Wildman–Crippen MR) is 125 cm³/mol. The molecule has 6 nitrogen and oxygen atoms in total. The molecule has 1 fully saturated rings. The van der Waals surface area contributed by atoms with Gasteiger partial charge in [-0.25, -0.2) is 4.39 Å². The van der Waals surface area contributed by atoms with Crippen LogP contribution in [-0.2, 0) is 15.7 Å². The van der Waals surface area contributed by atoms with Crippen molar-refractivity contribution in [1.29, 1.82) is 0 Å². The standard InChI is InChI=1S/C26H38F4O6/c1-25(2,36-18-13-16(26(28,29)30)12-17(27)14-18)23(33)11-10-20-19(21(31)15-22(20)32)8-6-4-5-7-9-24(34)35-3/h12-14,19-23,31-33H,4-11,15H2,1-3H3. The van der Waals surface area contributed by atoms with E-state index in [2.05, 4.69) is 4.74 Å². The molecule has 206 valence electrons. The summed E-state index contributed by atoms with van der Waals surface area (Å²) in [6.45, 7) is 3.00. The molecule has 0 radical (unpaired) electrons. The van der Waals surface area contributed by atoms with Crippen LogP contribution in [0.15, 0.2) is 18.2 Å². The summed E-state index contributed by atoms with van der Waals surface area (Å²) < 4.78 is 62.9. The number of alkyl halides is 3. The summed E-state index contributed by atoms with van der Waals surface area (Å²) in [6.07, 6.45) is -2.08. The highest BCUT2D eigenvalue weighted by molar-refractivity contribution is 5.68. The minimum absolute atomic E-state index is 0.144. The zero-order valence-electron chi connectivity index (χ0n) is 21.1. The van der Waals surface area contributed by atoms with Crippen molar-refractivity contribution in [2.45, 2.75) is 102 Å². The zero-order valence-corrected chi connectivity index (χ0v) is 21.1. The summed E-state index contributed by atoms with van der Waals surface area (Å²) in [6, 6.07) is 1.90. The van der Waals surface area contributed by atoms with Crippen molar-refractivity contribution in [1.82, 2.24) is 0 Å². The third kappa shape index (κ3) is 8.88. The van der Waals surface area contributed by atoms with Gasteiger partial charge in [-0.2, -0.15) is 13.2 Å². The monoisotopic (exact) mass is 522 g/mol. The summed E-state index contributed by atoms with van der Waals surface area (Å²) in [7, 11) is 1.35. The smallest absolute Gasteiger partial charge is 0.416 e. The molecule has 2 rings (SSSR count). The van der Waals surface area contributed by atoms with Crippen LogP contribution >= 0.6 is 0 Å². The average Bonchev–Trinajstić information content (AvgIpc) is 3.04. The van der Waals surface area contributed by atoms with Crippen LogP contribution in [-0.4, -0.2) is 52.3 Å². The van der Waals surface area contributed by atoms with Gasteiger partial charge in [-0.1, -0.05) is 19.3 Å². The number of esters is 1. The molecule has 0 saturated heterocycles. The number of hydrogen-bond acceptors (Lipinski definition) is 6. The third-order valence-corrected chi connectivity index (χ3v) is 7.07. The average molecular weight is 523 g/mol. The van der Waals surface area contributed by atoms with Crippen molar-refractivity contribution in [3.63, 3.8) is 0 Å². The first kappa shape index (κ1) is 30.3. The van der Waals surface area contributed by atoms with Crippen LogP contribution in [0.5, 0.6) is 5.75 Å². The fraction of sp³-hybridized carbons (Fsp3) is 0.731. The van der Waals surface area contributed by atoms with Crippen LogP contribution in [0.25, 0.3) is 0 Å². The first-order valence-electron chi connectivity index (χ1n) is 12.4. The number of unbranched alkanes of at least 4 members (excludes halogenated alkanes) is 3. The Labute approximate surface area is 209 Å². The number of methoxy groups -OCH3 is 1. The Balaban J connectivity index is 1.90. The molecule has 0 bridgehead atoms. The summed E-state index contributed by atoms with van der Waals surface area (Å²) >= 11 is 0. The second kappa shape index (κ2) is 13.1. The van der Waals surface area contributed by atoms with Gasteiger partial charge in [0.05, 0.1) is 31.0 Å². The van der Waals surface area contributed by atoms with Gasteiger partial charge in [0.15, 0.2) is 0 Å². The number of rotatable bonds is 13. The fourth-order valence-electron chi connectivity index (χ4n) is 4.94. The highest BCUT2D eigenvalue weighted by atomic mass is 19.4. The normalized spacial score (nSPS) is 23.5. The second-order valence-electron chi connectivity index (χ2n) is 10.2. The van der Waals surface area contributed by atoms with E-state index in [1.54, 1.807) is 0 Å². The Morgan fingerprint density at radius 3 is 2.25 bits per heavy atom. The van der Waals surface area contributed by atoms with E-state index in [9.17, 15) is 37.7 Å². The van der Waals surface area contributed by atoms with Crippen LogP contribution in [0.3, 0.4) is 0 Å². The van der Waals surface area contributed by atoms with Crippen molar-refractivity contribution in [2.75, 3.05) is 7.11 Å². The van der Waals surface area contributed by atoms with E-state index in [-0.39, 0.29) is 36.4 Å². The van der Waals surface area contributed by atoms with Gasteiger partial charge in [-0.3, -0.25) is 4.79 Å². The largest absolute Gasteiger partial charge is 0.485 e. The SMILES string of the molecule is COC(=O)CCCCCCC1C(O)CC(O)C1CCC(O)C(C)(C)Oc1cc(F)cc(C(F)(F)F)c1. The molecule has 0 aromatic heterocycles. The lowest BCUT2D eigenvalue weighted by Crippen LogP contribution is -2.42. The number of carbonyl (C=O) groups excluding carboxylic acids is 1. The Hall–Kier alpha value is -1.91. The Morgan fingerprint density at radius 2 is 1.64 bits per heavy atom. The van der Waals surface area contributed by atoms with E-state index in [0.29, 0.717) is 31.4 Å². The molecular weight excluding hydrogens is 484 g/mol. The molecule has 0 aliphatic heterocycles. The number of aliphatic hydroxyl groups is 3. The van der Waals surface area contributed by atoms with Crippen molar-refractivity contribution in [2.24, 2.45) is 11.8 Å². The number of aliphatic hydroxyl groups excluding tert-OH is 3. The number of halogens is 4. The van der Waals surface area contributed by atoms with E-state index in [4.69, 9.17) is 4.74 Å². The van der Waals surface area contributed by atoms with Crippen molar-refractivity contribution in [3.05, 3.63) is 29.6 Å². The lowest BCUT2D eigenvalue weighted by atomic mass is 9.83. The number of hydrogen-bond donors (Lipinski definition) is 3. The van der Waals surface area contributed by atoms with Crippen molar-refractivity contribution >= 4 is 5.97 Å². The summed E-state index contributed by atoms with van der Waals surface area (Å²) in [5, 5.41) is 31.7. The minimum Gasteiger partial charge on any atom is -0.485 e. The molecule has 0 amide bonds. The quantitative estimate of drug-likeness (QED) is 0.191. The molecule has 1 saturated carbocycles. The molecule has 0 heterocycles. The fourth-order valence-corrected chi connectivity index (χ4v) is 4.94. The highest BCUT2D eigenvalue weighted by Gasteiger charge is 2.42. The molecule has 5 atom stereocenters. The summed E-state index contributed by atoms with van der Waals surface area (Å²) in [5.74, 6) is -2.07. The van der Waals surface area contributed by atoms with Crippen LogP contribution in [0.4, 0.5) is 17.6 Å². The minimum atomic E-state index is -4.74. The molecule has 36 heavy (non-hydrogen) atoms. The van der Waals surface area contributed by atoms with Gasteiger partial charge in [0.2, 0.25) is 0 Å². The highest BCUT2D eigenvalue weighted by Crippen LogP contribution is 2.40. The second-order valence-corrected chi connectivity index (χ2v) is 10.2. The molecule has 3 N–H and O–H groups in total. The first-order chi connectivity index (χ1) is 16.7. The zero-order chi connectivity index (χ0) is 27.1. The van der Waals surface area contributed by atoms with Gasteiger partial charge in [0, 0.05) is 12.5 Å². The third-order valence-electron chi connectivity index (χ3n) is 7.07. The Morgan fingerprint density at radius 1 is 1.03 bits per heavy atom. The van der Waals surface area contributed by atoms with E-state index in [1.165, 1.54) is 21.0 Å². The van der Waals surface area contributed by atoms with Gasteiger partial charge in [-0.15, -0.1) is 0 Å². The van der Waals surface area contributed by atoms with Gasteiger partial charge >= 0.3 is 12.1 Å². The molecule has 1 aromatic carbocycles. The molecule has 1 aromatic rings. The molecule has 0 spiro atoms. The molecule has 10 heteroatoms. The van der Waals surface area contributed by atoms with Crippen molar-refractivity contribution < 1.29 is 47.1 Å². The molecular formula is C26H38F4O6.